The van der Waals surface area contributed by atoms with Gasteiger partial charge in [-0.25, -0.2) is 5.43 Å². The van der Waals surface area contributed by atoms with Crippen molar-refractivity contribution in [1.82, 2.24) is 10.7 Å². The lowest BCUT2D eigenvalue weighted by molar-refractivity contribution is -0.274. The fraction of sp³-hybridized carbons (Fsp3) is 0.111. The van der Waals surface area contributed by atoms with Gasteiger partial charge in [0, 0.05) is 24.2 Å². The highest BCUT2D eigenvalue weighted by Crippen LogP contribution is 2.25. The van der Waals surface area contributed by atoms with Gasteiger partial charge in [-0.1, -0.05) is 60.1 Å². The molecule has 0 heterocycles. The molecule has 0 saturated heterocycles. The van der Waals surface area contributed by atoms with E-state index in [0.717, 1.165) is 27.5 Å². The maximum atomic E-state index is 12.3. The molecule has 37 heavy (non-hydrogen) atoms. The van der Waals surface area contributed by atoms with Gasteiger partial charge in [-0.15, -0.1) is 13.2 Å². The van der Waals surface area contributed by atoms with Gasteiger partial charge in [-0.3, -0.25) is 4.79 Å². The first-order valence-electron chi connectivity index (χ1n) is 11.1. The number of rotatable bonds is 8. The van der Waals surface area contributed by atoms with Gasteiger partial charge in [0.05, 0.1) is 11.2 Å². The summed E-state index contributed by atoms with van der Waals surface area (Å²) in [5.41, 5.74) is 5.34. The normalized spacial score (nSPS) is 11.7. The second-order valence-electron chi connectivity index (χ2n) is 8.02. The summed E-state index contributed by atoms with van der Waals surface area (Å²) in [5, 5.41) is 18.8. The van der Waals surface area contributed by atoms with Crippen molar-refractivity contribution in [3.05, 3.63) is 106 Å². The second kappa shape index (κ2) is 11.3. The highest BCUT2D eigenvalue weighted by atomic mass is 35.5. The fourth-order valence-corrected chi connectivity index (χ4v) is 3.86. The van der Waals surface area contributed by atoms with E-state index in [2.05, 4.69) is 20.6 Å². The molecule has 4 aromatic rings. The monoisotopic (exact) mass is 527 g/mol. The van der Waals surface area contributed by atoms with Crippen LogP contribution < -0.4 is 15.5 Å². The Morgan fingerprint density at radius 1 is 0.973 bits per heavy atom. The quantitative estimate of drug-likeness (QED) is 0.189. The zero-order valence-electron chi connectivity index (χ0n) is 19.2. The third-order valence-electron chi connectivity index (χ3n) is 5.43. The van der Waals surface area contributed by atoms with E-state index in [1.54, 1.807) is 18.3 Å². The van der Waals surface area contributed by atoms with E-state index in [1.165, 1.54) is 30.3 Å². The van der Waals surface area contributed by atoms with E-state index in [9.17, 15) is 23.1 Å². The number of carbonyl (C=O) groups excluding carboxylic acids is 1. The van der Waals surface area contributed by atoms with Crippen molar-refractivity contribution in [3.63, 3.8) is 0 Å². The van der Waals surface area contributed by atoms with Crippen LogP contribution in [0.3, 0.4) is 0 Å². The van der Waals surface area contributed by atoms with Crippen molar-refractivity contribution in [2.75, 3.05) is 0 Å². The lowest BCUT2D eigenvalue weighted by Gasteiger charge is -2.11. The largest absolute Gasteiger partial charge is 0.573 e. The van der Waals surface area contributed by atoms with Gasteiger partial charge >= 0.3 is 6.36 Å². The molecular formula is C27H21ClF3N3O3. The third-order valence-corrected chi connectivity index (χ3v) is 5.73. The number of aromatic hydroxyl groups is 1. The predicted molar refractivity (Wildman–Crippen MR) is 136 cm³/mol. The molecule has 0 aliphatic rings. The maximum absolute atomic E-state index is 12.3. The molecule has 4 rings (SSSR count). The molecule has 0 aromatic heterocycles. The van der Waals surface area contributed by atoms with Gasteiger partial charge in [0.2, 0.25) is 0 Å². The summed E-state index contributed by atoms with van der Waals surface area (Å²) in [5.74, 6) is -0.847. The number of nitrogens with one attached hydrogen (secondary N) is 2. The van der Waals surface area contributed by atoms with Gasteiger partial charge in [0.25, 0.3) is 5.91 Å². The van der Waals surface area contributed by atoms with Crippen molar-refractivity contribution >= 4 is 34.5 Å². The number of fused-ring (bicyclic) bond motifs is 1. The number of hydrazone groups is 1. The second-order valence-corrected chi connectivity index (χ2v) is 8.43. The molecule has 0 fully saturated rings. The molecule has 10 heteroatoms. The first kappa shape index (κ1) is 26.0. The zero-order valence-corrected chi connectivity index (χ0v) is 20.0. The predicted octanol–water partition coefficient (Wildman–Crippen LogP) is 6.15. The molecule has 0 radical (unpaired) electrons. The van der Waals surface area contributed by atoms with E-state index in [4.69, 9.17) is 11.6 Å². The molecule has 6 nitrogen and oxygen atoms in total. The SMILES string of the molecule is O=C(N/N=C/c1ccc(CNCc2ccc(OC(F)(F)F)cc2)c2ccccc12)c1ccc(O)c(Cl)c1. The fourth-order valence-electron chi connectivity index (χ4n) is 3.68. The molecule has 0 aliphatic carbocycles. The average Bonchev–Trinajstić information content (AvgIpc) is 2.86. The van der Waals surface area contributed by atoms with E-state index in [1.807, 2.05) is 36.4 Å². The number of phenols is 1. The summed E-state index contributed by atoms with van der Waals surface area (Å²) in [7, 11) is 0. The van der Waals surface area contributed by atoms with Crippen LogP contribution in [0.4, 0.5) is 13.2 Å². The summed E-state index contributed by atoms with van der Waals surface area (Å²) in [6, 6.07) is 21.4. The lowest BCUT2D eigenvalue weighted by atomic mass is 10.00. The number of halogens is 4. The van der Waals surface area contributed by atoms with Gasteiger partial charge < -0.3 is 15.2 Å². The van der Waals surface area contributed by atoms with Crippen LogP contribution in [0.1, 0.15) is 27.0 Å². The van der Waals surface area contributed by atoms with Crippen LogP contribution in [0.25, 0.3) is 10.8 Å². The van der Waals surface area contributed by atoms with E-state index >= 15 is 0 Å². The molecule has 0 unspecified atom stereocenters. The molecule has 0 atom stereocenters. The smallest absolute Gasteiger partial charge is 0.506 e. The van der Waals surface area contributed by atoms with Crippen molar-refractivity contribution < 1.29 is 27.8 Å². The Morgan fingerprint density at radius 3 is 2.41 bits per heavy atom. The number of alkyl halides is 3. The number of ether oxygens (including phenoxy) is 1. The van der Waals surface area contributed by atoms with Gasteiger partial charge in [-0.2, -0.15) is 5.10 Å². The Bertz CT molecular complexity index is 1440. The zero-order chi connectivity index (χ0) is 26.4. The Morgan fingerprint density at radius 2 is 1.70 bits per heavy atom. The number of nitrogens with zero attached hydrogens (tertiary/aromatic N) is 1. The van der Waals surface area contributed by atoms with Crippen LogP contribution in [0.5, 0.6) is 11.5 Å². The molecule has 0 aliphatic heterocycles. The van der Waals surface area contributed by atoms with Crippen LogP contribution in [-0.4, -0.2) is 23.6 Å². The summed E-state index contributed by atoms with van der Waals surface area (Å²) >= 11 is 5.85. The molecule has 1 amide bonds. The minimum atomic E-state index is -4.72. The number of amides is 1. The minimum absolute atomic E-state index is 0.0688. The number of benzene rings is 4. The van der Waals surface area contributed by atoms with E-state index < -0.39 is 12.3 Å². The Hall–Kier alpha value is -4.08. The summed E-state index contributed by atoms with van der Waals surface area (Å²) in [6.07, 6.45) is -3.17. The molecule has 0 saturated carbocycles. The van der Waals surface area contributed by atoms with Crippen LogP contribution >= 0.6 is 11.6 Å². The molecule has 190 valence electrons. The Kier molecular flexibility index (Phi) is 7.95. The van der Waals surface area contributed by atoms with Crippen LogP contribution in [-0.2, 0) is 13.1 Å². The number of hydrogen-bond donors (Lipinski definition) is 3. The van der Waals surface area contributed by atoms with Crippen LogP contribution in [0.2, 0.25) is 5.02 Å². The molecular weight excluding hydrogens is 507 g/mol. The first-order valence-corrected chi connectivity index (χ1v) is 11.5. The number of carbonyl (C=O) groups is 1. The molecule has 0 spiro atoms. The van der Waals surface area contributed by atoms with Gasteiger partial charge in [0.1, 0.15) is 11.5 Å². The number of phenolic OH excluding ortho intramolecular Hbond substituents is 1. The standard InChI is InChI=1S/C27H21ClF3N3O3/c28-24-13-18(9-12-25(24)35)26(36)34-33-16-20-8-7-19(22-3-1-2-4-23(20)22)15-32-14-17-5-10-21(11-6-17)37-27(29,30)31/h1-13,16,32,35H,14-15H2,(H,34,36)/b33-16+. The molecule has 3 N–H and O–H groups in total. The first-order chi connectivity index (χ1) is 17.7. The Balaban J connectivity index is 1.40. The highest BCUT2D eigenvalue weighted by Gasteiger charge is 2.30. The van der Waals surface area contributed by atoms with Crippen molar-refractivity contribution in [3.8, 4) is 11.5 Å². The van der Waals surface area contributed by atoms with Crippen molar-refractivity contribution in [2.24, 2.45) is 5.10 Å². The maximum Gasteiger partial charge on any atom is 0.573 e. The molecule has 4 aromatic carbocycles. The van der Waals surface area contributed by atoms with Crippen molar-refractivity contribution in [1.29, 1.82) is 0 Å². The van der Waals surface area contributed by atoms with Crippen LogP contribution in [0, 0.1) is 0 Å². The van der Waals surface area contributed by atoms with Crippen molar-refractivity contribution in [2.45, 2.75) is 19.5 Å². The van der Waals surface area contributed by atoms with Crippen LogP contribution in [0.15, 0.2) is 84.0 Å². The number of hydrogen-bond acceptors (Lipinski definition) is 5. The lowest BCUT2D eigenvalue weighted by Crippen LogP contribution is -2.17. The summed E-state index contributed by atoms with van der Waals surface area (Å²) in [6.45, 7) is 0.980. The van der Waals surface area contributed by atoms with Gasteiger partial charge in [-0.05, 0) is 52.2 Å². The minimum Gasteiger partial charge on any atom is -0.506 e. The highest BCUT2D eigenvalue weighted by molar-refractivity contribution is 6.32. The third kappa shape index (κ3) is 6.99. The average molecular weight is 528 g/mol. The summed E-state index contributed by atoms with van der Waals surface area (Å²) < 4.78 is 40.8. The molecule has 0 bridgehead atoms. The van der Waals surface area contributed by atoms with Gasteiger partial charge in [0.15, 0.2) is 0 Å². The topological polar surface area (TPSA) is 83.0 Å². The summed E-state index contributed by atoms with van der Waals surface area (Å²) in [4.78, 5) is 12.3. The van der Waals surface area contributed by atoms with E-state index in [-0.39, 0.29) is 22.1 Å². The Labute approximate surface area is 215 Å². The van der Waals surface area contributed by atoms with E-state index in [0.29, 0.717) is 13.1 Å².